The highest BCUT2D eigenvalue weighted by molar-refractivity contribution is 4.88. The van der Waals surface area contributed by atoms with E-state index in [1.54, 1.807) is 0 Å². The fourth-order valence-electron chi connectivity index (χ4n) is 3.26. The summed E-state index contributed by atoms with van der Waals surface area (Å²) in [5.41, 5.74) is 0.366. The zero-order valence-electron chi connectivity index (χ0n) is 14.1. The molecule has 1 atom stereocenters. The maximum atomic E-state index is 3.75. The van der Waals surface area contributed by atoms with E-state index in [0.29, 0.717) is 11.5 Å². The minimum atomic E-state index is 0.366. The molecular formula is C17H35N3. The van der Waals surface area contributed by atoms with Crippen molar-refractivity contribution in [3.8, 4) is 0 Å². The van der Waals surface area contributed by atoms with Crippen LogP contribution in [0.15, 0.2) is 0 Å². The van der Waals surface area contributed by atoms with Gasteiger partial charge >= 0.3 is 0 Å². The summed E-state index contributed by atoms with van der Waals surface area (Å²) in [5, 5.41) is 3.75. The van der Waals surface area contributed by atoms with Crippen molar-refractivity contribution in [1.29, 1.82) is 0 Å². The van der Waals surface area contributed by atoms with E-state index in [4.69, 9.17) is 0 Å². The number of hydrogen-bond donors (Lipinski definition) is 1. The van der Waals surface area contributed by atoms with Crippen molar-refractivity contribution >= 4 is 0 Å². The lowest BCUT2D eigenvalue weighted by Gasteiger charge is -2.37. The predicted octanol–water partition coefficient (Wildman–Crippen LogP) is 2.57. The molecule has 0 bridgehead atoms. The van der Waals surface area contributed by atoms with E-state index in [2.05, 4.69) is 42.8 Å². The fraction of sp³-hybridized carbons (Fsp3) is 1.00. The first-order valence-corrected chi connectivity index (χ1v) is 8.70. The first-order valence-electron chi connectivity index (χ1n) is 8.70. The molecule has 1 saturated heterocycles. The van der Waals surface area contributed by atoms with Crippen LogP contribution in [0.2, 0.25) is 0 Å². The van der Waals surface area contributed by atoms with Gasteiger partial charge in [-0.05, 0) is 44.2 Å². The predicted molar refractivity (Wildman–Crippen MR) is 87.2 cm³/mol. The van der Waals surface area contributed by atoms with Gasteiger partial charge in [0.2, 0.25) is 0 Å². The molecule has 2 aliphatic rings. The Labute approximate surface area is 126 Å². The van der Waals surface area contributed by atoms with Gasteiger partial charge in [-0.25, -0.2) is 0 Å². The van der Waals surface area contributed by atoms with Crippen LogP contribution in [0, 0.1) is 5.41 Å². The number of piperazine rings is 1. The Balaban J connectivity index is 1.69. The maximum absolute atomic E-state index is 3.75. The Kier molecular flexibility index (Phi) is 5.88. The molecule has 1 aliphatic heterocycles. The van der Waals surface area contributed by atoms with Gasteiger partial charge in [0.15, 0.2) is 0 Å². The Bertz CT molecular complexity index is 272. The highest BCUT2D eigenvalue weighted by atomic mass is 15.3. The van der Waals surface area contributed by atoms with Gasteiger partial charge < -0.3 is 10.2 Å². The van der Waals surface area contributed by atoms with Crippen LogP contribution in [0.5, 0.6) is 0 Å². The summed E-state index contributed by atoms with van der Waals surface area (Å²) in [6.45, 7) is 16.9. The van der Waals surface area contributed by atoms with Crippen molar-refractivity contribution in [3.63, 3.8) is 0 Å². The molecule has 0 amide bonds. The molecule has 0 aromatic heterocycles. The van der Waals surface area contributed by atoms with Crippen molar-refractivity contribution in [2.75, 3.05) is 39.3 Å². The van der Waals surface area contributed by atoms with E-state index in [1.807, 2.05) is 0 Å². The zero-order valence-corrected chi connectivity index (χ0v) is 14.1. The Morgan fingerprint density at radius 2 is 1.75 bits per heavy atom. The Morgan fingerprint density at radius 3 is 2.25 bits per heavy atom. The van der Waals surface area contributed by atoms with E-state index < -0.39 is 0 Å². The van der Waals surface area contributed by atoms with Crippen molar-refractivity contribution in [1.82, 2.24) is 15.1 Å². The molecule has 1 saturated carbocycles. The quantitative estimate of drug-likeness (QED) is 0.774. The van der Waals surface area contributed by atoms with Crippen molar-refractivity contribution in [2.45, 2.75) is 65.5 Å². The second-order valence-electron chi connectivity index (χ2n) is 7.77. The standard InChI is InChI=1S/C17H35N3/c1-5-9-18-16(17(2,3)4)8-10-19-11-13-20(14-12-19)15-6-7-15/h15-16,18H,5-14H2,1-4H3. The molecule has 2 fully saturated rings. The van der Waals surface area contributed by atoms with Gasteiger partial charge in [0, 0.05) is 38.3 Å². The van der Waals surface area contributed by atoms with Crippen LogP contribution in [0.4, 0.5) is 0 Å². The average Bonchev–Trinajstić information content (AvgIpc) is 3.22. The second kappa shape index (κ2) is 7.24. The van der Waals surface area contributed by atoms with Crippen LogP contribution in [0.3, 0.4) is 0 Å². The molecule has 0 spiro atoms. The second-order valence-corrected chi connectivity index (χ2v) is 7.77. The SMILES string of the molecule is CCCNC(CCN1CCN(C2CC2)CC1)C(C)(C)C. The third kappa shape index (κ3) is 5.01. The molecule has 3 heteroatoms. The minimum Gasteiger partial charge on any atom is -0.313 e. The van der Waals surface area contributed by atoms with E-state index >= 15 is 0 Å². The number of nitrogens with one attached hydrogen (secondary N) is 1. The normalized spacial score (nSPS) is 24.0. The molecular weight excluding hydrogens is 246 g/mol. The molecule has 0 radical (unpaired) electrons. The summed E-state index contributed by atoms with van der Waals surface area (Å²) < 4.78 is 0. The molecule has 1 unspecified atom stereocenters. The van der Waals surface area contributed by atoms with Crippen LogP contribution < -0.4 is 5.32 Å². The monoisotopic (exact) mass is 281 g/mol. The number of hydrogen-bond acceptors (Lipinski definition) is 3. The van der Waals surface area contributed by atoms with E-state index in [9.17, 15) is 0 Å². The lowest BCUT2D eigenvalue weighted by molar-refractivity contribution is 0.115. The van der Waals surface area contributed by atoms with Crippen LogP contribution in [0.1, 0.15) is 53.4 Å². The van der Waals surface area contributed by atoms with Crippen molar-refractivity contribution < 1.29 is 0 Å². The van der Waals surface area contributed by atoms with Gasteiger partial charge in [-0.1, -0.05) is 27.7 Å². The summed E-state index contributed by atoms with van der Waals surface area (Å²) in [4.78, 5) is 5.37. The first kappa shape index (κ1) is 16.3. The van der Waals surface area contributed by atoms with Gasteiger partial charge in [0.05, 0.1) is 0 Å². The Morgan fingerprint density at radius 1 is 1.10 bits per heavy atom. The van der Waals surface area contributed by atoms with E-state index in [-0.39, 0.29) is 0 Å². The topological polar surface area (TPSA) is 18.5 Å². The summed E-state index contributed by atoms with van der Waals surface area (Å²) in [7, 11) is 0. The lowest BCUT2D eigenvalue weighted by Crippen LogP contribution is -2.49. The van der Waals surface area contributed by atoms with E-state index in [0.717, 1.165) is 12.6 Å². The summed E-state index contributed by atoms with van der Waals surface area (Å²) in [6.07, 6.45) is 5.42. The van der Waals surface area contributed by atoms with Crippen LogP contribution in [0.25, 0.3) is 0 Å². The smallest absolute Gasteiger partial charge is 0.0128 e. The summed E-state index contributed by atoms with van der Waals surface area (Å²) in [6, 6.07) is 1.59. The molecule has 0 aromatic carbocycles. The average molecular weight is 281 g/mol. The minimum absolute atomic E-state index is 0.366. The highest BCUT2D eigenvalue weighted by Crippen LogP contribution is 2.27. The number of rotatable bonds is 7. The molecule has 1 N–H and O–H groups in total. The molecule has 3 nitrogen and oxygen atoms in total. The van der Waals surface area contributed by atoms with Gasteiger partial charge in [-0.3, -0.25) is 4.90 Å². The molecule has 0 aromatic rings. The van der Waals surface area contributed by atoms with Gasteiger partial charge in [0.25, 0.3) is 0 Å². The summed E-state index contributed by atoms with van der Waals surface area (Å²) >= 11 is 0. The van der Waals surface area contributed by atoms with Crippen LogP contribution in [-0.4, -0.2) is 61.2 Å². The summed E-state index contributed by atoms with van der Waals surface area (Å²) in [5.74, 6) is 0. The van der Waals surface area contributed by atoms with Crippen LogP contribution >= 0.6 is 0 Å². The third-order valence-electron chi connectivity index (χ3n) is 4.89. The van der Waals surface area contributed by atoms with Gasteiger partial charge in [-0.2, -0.15) is 0 Å². The lowest BCUT2D eigenvalue weighted by atomic mass is 9.84. The molecule has 20 heavy (non-hydrogen) atoms. The molecule has 118 valence electrons. The number of nitrogens with zero attached hydrogens (tertiary/aromatic N) is 2. The van der Waals surface area contributed by atoms with E-state index in [1.165, 1.54) is 58.4 Å². The Hall–Kier alpha value is -0.120. The van der Waals surface area contributed by atoms with Gasteiger partial charge in [-0.15, -0.1) is 0 Å². The zero-order chi connectivity index (χ0) is 14.6. The van der Waals surface area contributed by atoms with Crippen molar-refractivity contribution in [2.24, 2.45) is 5.41 Å². The molecule has 2 rings (SSSR count). The largest absolute Gasteiger partial charge is 0.313 e. The third-order valence-corrected chi connectivity index (χ3v) is 4.89. The maximum Gasteiger partial charge on any atom is 0.0128 e. The highest BCUT2D eigenvalue weighted by Gasteiger charge is 2.31. The molecule has 1 heterocycles. The fourth-order valence-corrected chi connectivity index (χ4v) is 3.26. The van der Waals surface area contributed by atoms with Crippen molar-refractivity contribution in [3.05, 3.63) is 0 Å². The molecule has 1 aliphatic carbocycles. The first-order chi connectivity index (χ1) is 9.50. The van der Waals surface area contributed by atoms with Crippen LogP contribution in [-0.2, 0) is 0 Å². The van der Waals surface area contributed by atoms with Gasteiger partial charge in [0.1, 0.15) is 0 Å².